The maximum Gasteiger partial charge on any atom is 0.421 e. The van der Waals surface area contributed by atoms with Crippen LogP contribution in [0.3, 0.4) is 0 Å². The predicted octanol–water partition coefficient (Wildman–Crippen LogP) is 4.76. The van der Waals surface area contributed by atoms with Gasteiger partial charge in [-0.25, -0.2) is 4.99 Å². The summed E-state index contributed by atoms with van der Waals surface area (Å²) in [6, 6.07) is 7.16. The van der Waals surface area contributed by atoms with Gasteiger partial charge in [-0.15, -0.1) is 6.58 Å². The molecule has 2 amide bonds. The van der Waals surface area contributed by atoms with Gasteiger partial charge < -0.3 is 26.2 Å². The quantitative estimate of drug-likeness (QED) is 0.0437. The zero-order valence-electron chi connectivity index (χ0n) is 28.8. The Hall–Kier alpha value is -3.71. The third kappa shape index (κ3) is 15.0. The summed E-state index contributed by atoms with van der Waals surface area (Å²) < 4.78 is 42.1. The summed E-state index contributed by atoms with van der Waals surface area (Å²) in [6.45, 7) is 18.7. The molecular weight excluding hydrogens is 621 g/mol. The van der Waals surface area contributed by atoms with E-state index in [2.05, 4.69) is 61.3 Å². The number of aliphatic imine (C=N–C) groups is 2. The minimum atomic E-state index is -4.72. The molecule has 0 aliphatic heterocycles. The lowest BCUT2D eigenvalue weighted by molar-refractivity contribution is -0.125. The van der Waals surface area contributed by atoms with Crippen LogP contribution in [-0.4, -0.2) is 105 Å². The second-order valence-electron chi connectivity index (χ2n) is 12.3. The largest absolute Gasteiger partial charge is 0.421 e. The number of halogens is 3. The topological polar surface area (TPSA) is 113 Å². The first kappa shape index (κ1) is 40.5. The van der Waals surface area contributed by atoms with Gasteiger partial charge in [0.15, 0.2) is 0 Å². The van der Waals surface area contributed by atoms with Crippen LogP contribution >= 0.6 is 0 Å². The highest BCUT2D eigenvalue weighted by molar-refractivity contribution is 6.00. The molecular formula is C35H55F3N8O2. The van der Waals surface area contributed by atoms with Gasteiger partial charge in [0.25, 0.3) is 0 Å². The van der Waals surface area contributed by atoms with E-state index in [0.29, 0.717) is 31.3 Å². The van der Waals surface area contributed by atoms with Gasteiger partial charge in [0.05, 0.1) is 5.92 Å². The molecule has 1 saturated carbocycles. The first-order valence-electron chi connectivity index (χ1n) is 16.9. The van der Waals surface area contributed by atoms with Crippen molar-refractivity contribution in [3.8, 4) is 0 Å². The molecule has 1 aliphatic rings. The highest BCUT2D eigenvalue weighted by Crippen LogP contribution is 2.30. The Morgan fingerprint density at radius 3 is 2.38 bits per heavy atom. The van der Waals surface area contributed by atoms with E-state index in [9.17, 15) is 22.8 Å². The van der Waals surface area contributed by atoms with Gasteiger partial charge in [0.2, 0.25) is 12.3 Å². The van der Waals surface area contributed by atoms with E-state index in [1.807, 2.05) is 44.2 Å². The van der Waals surface area contributed by atoms with Gasteiger partial charge in [-0.05, 0) is 76.9 Å². The van der Waals surface area contributed by atoms with E-state index in [1.165, 1.54) is 0 Å². The van der Waals surface area contributed by atoms with Crippen LogP contribution in [0.25, 0.3) is 0 Å². The van der Waals surface area contributed by atoms with Crippen molar-refractivity contribution in [2.45, 2.75) is 77.6 Å². The Morgan fingerprint density at radius 2 is 1.77 bits per heavy atom. The Morgan fingerprint density at radius 1 is 1.06 bits per heavy atom. The summed E-state index contributed by atoms with van der Waals surface area (Å²) in [5.41, 5.74) is 0.778. The van der Waals surface area contributed by atoms with Crippen LogP contribution in [0.5, 0.6) is 0 Å². The van der Waals surface area contributed by atoms with Gasteiger partial charge in [-0.3, -0.25) is 19.5 Å². The summed E-state index contributed by atoms with van der Waals surface area (Å²) in [5, 5.41) is 11.6. The average molecular weight is 677 g/mol. The summed E-state index contributed by atoms with van der Waals surface area (Å²) >= 11 is 0. The fourth-order valence-electron chi connectivity index (χ4n) is 5.69. The summed E-state index contributed by atoms with van der Waals surface area (Å²) in [4.78, 5) is 35.9. The molecule has 0 radical (unpaired) electrons. The predicted molar refractivity (Wildman–Crippen MR) is 189 cm³/mol. The number of nitrogens with one attached hydrogen (secondary N) is 4. The summed E-state index contributed by atoms with van der Waals surface area (Å²) in [6.07, 6.45) is 3.26. The Bertz CT molecular complexity index is 1190. The van der Waals surface area contributed by atoms with Crippen molar-refractivity contribution >= 4 is 30.6 Å². The molecule has 1 fully saturated rings. The molecule has 2 atom stereocenters. The van der Waals surface area contributed by atoms with Gasteiger partial charge >= 0.3 is 6.18 Å². The van der Waals surface area contributed by atoms with Crippen LogP contribution in [-0.2, 0) is 16.0 Å². The van der Waals surface area contributed by atoms with Crippen LogP contribution in [0.4, 0.5) is 18.9 Å². The van der Waals surface area contributed by atoms with Crippen LogP contribution in [0.1, 0.15) is 58.4 Å². The molecule has 268 valence electrons. The molecule has 1 aromatic rings. The molecule has 0 saturated heterocycles. The van der Waals surface area contributed by atoms with Gasteiger partial charge in [-0.1, -0.05) is 31.6 Å². The number of benzene rings is 1. The number of amidine groups is 1. The molecule has 0 heterocycles. The van der Waals surface area contributed by atoms with Crippen molar-refractivity contribution in [2.75, 3.05) is 57.8 Å². The molecule has 1 aliphatic carbocycles. The Balaban J connectivity index is 2.07. The van der Waals surface area contributed by atoms with E-state index >= 15 is 0 Å². The number of rotatable bonds is 23. The lowest BCUT2D eigenvalue weighted by Gasteiger charge is -2.27. The minimum Gasteiger partial charge on any atom is -0.366 e. The lowest BCUT2D eigenvalue weighted by Crippen LogP contribution is -2.47. The molecule has 1 aromatic carbocycles. The average Bonchev–Trinajstić information content (AvgIpc) is 3.51. The number of hydrogen-bond donors (Lipinski definition) is 4. The number of carbonyl (C=O) groups is 2. The number of amides is 2. The van der Waals surface area contributed by atoms with E-state index in [-0.39, 0.29) is 24.5 Å². The lowest BCUT2D eigenvalue weighted by atomic mass is 10.0. The standard InChI is InChI=1S/C35H55F3N8O2/c1-6-8-19-45(18-7-2)22-23-46(21-17-40-26-47)20-16-28-12-14-29(15-13-28)41-25-42-33(31(24-39-5)35(36,37)38)44-32-11-9-10-30(32)34(48)43-27(3)4/h6,12-15,24,26-27,30,32,41H,1,5,7-11,16-23,25H2,2-4H3,(H,40,47)(H,42,44)(H,43,48)/b31-24+. The SMILES string of the molecule is C=CCCN(CCC)CCN(CCNC=O)CCc1ccc(NC/N=C(NC2CCCC2C(=O)NC(C)C)\C(=C/N=C)C(F)(F)F)cc1. The number of hydrogen-bond acceptors (Lipinski definition) is 7. The molecule has 48 heavy (non-hydrogen) atoms. The van der Waals surface area contributed by atoms with Gasteiger partial charge in [0, 0.05) is 63.2 Å². The van der Waals surface area contributed by atoms with E-state index in [0.717, 1.165) is 76.9 Å². The zero-order chi connectivity index (χ0) is 35.4. The van der Waals surface area contributed by atoms with Crippen molar-refractivity contribution in [1.29, 1.82) is 0 Å². The Labute approximate surface area is 284 Å². The molecule has 13 heteroatoms. The summed E-state index contributed by atoms with van der Waals surface area (Å²) in [5.74, 6) is -1.02. The first-order chi connectivity index (χ1) is 23.0. The fraction of sp³-hybridized carbons (Fsp3) is 0.600. The second-order valence-corrected chi connectivity index (χ2v) is 12.3. The monoisotopic (exact) mass is 676 g/mol. The zero-order valence-corrected chi connectivity index (χ0v) is 28.8. The third-order valence-electron chi connectivity index (χ3n) is 8.16. The smallest absolute Gasteiger partial charge is 0.366 e. The maximum atomic E-state index is 14.0. The van der Waals surface area contributed by atoms with E-state index < -0.39 is 23.7 Å². The van der Waals surface area contributed by atoms with Crippen LogP contribution < -0.4 is 21.3 Å². The summed E-state index contributed by atoms with van der Waals surface area (Å²) in [7, 11) is 0. The van der Waals surface area contributed by atoms with Crippen LogP contribution in [0, 0.1) is 5.92 Å². The van der Waals surface area contributed by atoms with E-state index in [1.54, 1.807) is 0 Å². The highest BCUT2D eigenvalue weighted by Gasteiger charge is 2.40. The van der Waals surface area contributed by atoms with Gasteiger partial charge in [-0.2, -0.15) is 13.2 Å². The molecule has 2 rings (SSSR count). The van der Waals surface area contributed by atoms with Crippen molar-refractivity contribution in [3.05, 3.63) is 54.3 Å². The van der Waals surface area contributed by atoms with Crippen molar-refractivity contribution in [3.63, 3.8) is 0 Å². The second kappa shape index (κ2) is 22.0. The molecule has 0 bridgehead atoms. The molecule has 2 unspecified atom stereocenters. The molecule has 10 nitrogen and oxygen atoms in total. The fourth-order valence-corrected chi connectivity index (χ4v) is 5.69. The number of anilines is 1. The van der Waals surface area contributed by atoms with Crippen LogP contribution in [0.2, 0.25) is 0 Å². The molecule has 0 aromatic heterocycles. The van der Waals surface area contributed by atoms with Crippen molar-refractivity contribution < 1.29 is 22.8 Å². The number of carbonyl (C=O) groups excluding carboxylic acids is 2. The van der Waals surface area contributed by atoms with E-state index in [4.69, 9.17) is 0 Å². The Kier molecular flexibility index (Phi) is 18.6. The highest BCUT2D eigenvalue weighted by atomic mass is 19.4. The number of nitrogens with zero attached hydrogens (tertiary/aromatic N) is 4. The molecule has 4 N–H and O–H groups in total. The van der Waals surface area contributed by atoms with Gasteiger partial charge in [0.1, 0.15) is 18.1 Å². The minimum absolute atomic E-state index is 0.0725. The third-order valence-corrected chi connectivity index (χ3v) is 8.16. The van der Waals surface area contributed by atoms with Crippen molar-refractivity contribution in [2.24, 2.45) is 15.9 Å². The first-order valence-corrected chi connectivity index (χ1v) is 16.9. The van der Waals surface area contributed by atoms with Crippen LogP contribution in [0.15, 0.2) is 58.7 Å². The normalized spacial score (nSPS) is 17.1. The number of alkyl halides is 3. The molecule has 0 spiro atoms. The maximum absolute atomic E-state index is 14.0. The van der Waals surface area contributed by atoms with Crippen molar-refractivity contribution in [1.82, 2.24) is 25.8 Å².